The molecule has 0 aliphatic heterocycles. The molecular formula is C19H25N5O6S. The molecule has 0 radical (unpaired) electrons. The zero-order chi connectivity index (χ0) is 23.0. The number of nitrogens with one attached hydrogen (secondary N) is 4. The van der Waals surface area contributed by atoms with Crippen molar-refractivity contribution in [2.75, 3.05) is 18.9 Å². The summed E-state index contributed by atoms with van der Waals surface area (Å²) in [6, 6.07) is 3.94. The van der Waals surface area contributed by atoms with Crippen LogP contribution in [0.5, 0.6) is 0 Å². The van der Waals surface area contributed by atoms with Crippen LogP contribution in [0.4, 0.5) is 0 Å². The molecule has 1 aromatic heterocycles. The molecule has 3 amide bonds. The van der Waals surface area contributed by atoms with Crippen LogP contribution < -0.4 is 21.7 Å². The number of carboxylic acids is 1. The van der Waals surface area contributed by atoms with Gasteiger partial charge in [0.2, 0.25) is 17.7 Å². The van der Waals surface area contributed by atoms with Gasteiger partial charge in [0.25, 0.3) is 0 Å². The lowest BCUT2D eigenvalue weighted by Gasteiger charge is -2.23. The number of nitrogens with two attached hydrogens (primary N) is 1. The van der Waals surface area contributed by atoms with Crippen LogP contribution in [0.1, 0.15) is 5.56 Å². The molecule has 3 atom stereocenters. The van der Waals surface area contributed by atoms with Gasteiger partial charge in [-0.15, -0.1) is 0 Å². The summed E-state index contributed by atoms with van der Waals surface area (Å²) in [7, 11) is 0. The fraction of sp³-hybridized carbons (Fsp3) is 0.368. The number of amides is 3. The Labute approximate surface area is 183 Å². The van der Waals surface area contributed by atoms with Crippen molar-refractivity contribution in [3.05, 3.63) is 36.0 Å². The van der Waals surface area contributed by atoms with Gasteiger partial charge in [0.05, 0.1) is 12.6 Å². The Balaban J connectivity index is 2.20. The highest BCUT2D eigenvalue weighted by Crippen LogP contribution is 2.19. The summed E-state index contributed by atoms with van der Waals surface area (Å²) in [5, 5.41) is 25.9. The highest BCUT2D eigenvalue weighted by Gasteiger charge is 2.28. The van der Waals surface area contributed by atoms with Gasteiger partial charge in [-0.3, -0.25) is 19.2 Å². The number of carbonyl (C=O) groups excluding carboxylic acids is 3. The molecule has 12 heteroatoms. The van der Waals surface area contributed by atoms with E-state index < -0.39 is 55.0 Å². The summed E-state index contributed by atoms with van der Waals surface area (Å²) in [6.07, 6.45) is 1.79. The lowest BCUT2D eigenvalue weighted by molar-refractivity contribution is -0.138. The van der Waals surface area contributed by atoms with Crippen LogP contribution in [0, 0.1) is 0 Å². The van der Waals surface area contributed by atoms with Gasteiger partial charge in [0, 0.05) is 29.3 Å². The number of carboxylic acid groups (broad SMARTS) is 1. The van der Waals surface area contributed by atoms with Crippen molar-refractivity contribution in [3.63, 3.8) is 0 Å². The molecule has 3 unspecified atom stereocenters. The molecule has 0 aliphatic rings. The first-order chi connectivity index (χ1) is 14.8. The van der Waals surface area contributed by atoms with Crippen LogP contribution in [0.2, 0.25) is 0 Å². The maximum absolute atomic E-state index is 12.9. The van der Waals surface area contributed by atoms with Gasteiger partial charge in [0.1, 0.15) is 18.6 Å². The number of aliphatic hydroxyl groups is 1. The predicted octanol–water partition coefficient (Wildman–Crippen LogP) is -1.87. The SMILES string of the molecule is NC(CS)C(=O)NC(Cc1c[nH]c2ccccc12)C(=O)NC(CO)C(=O)NCC(=O)O. The molecule has 1 heterocycles. The van der Waals surface area contributed by atoms with Crippen LogP contribution in [0.3, 0.4) is 0 Å². The second kappa shape index (κ2) is 11.3. The molecule has 0 spiro atoms. The van der Waals surface area contributed by atoms with Gasteiger partial charge in [0.15, 0.2) is 0 Å². The summed E-state index contributed by atoms with van der Waals surface area (Å²) in [5.74, 6) is -3.44. The number of hydrogen-bond donors (Lipinski definition) is 8. The van der Waals surface area contributed by atoms with Crippen molar-refractivity contribution in [1.82, 2.24) is 20.9 Å². The largest absolute Gasteiger partial charge is 0.480 e. The van der Waals surface area contributed by atoms with E-state index in [-0.39, 0.29) is 12.2 Å². The van der Waals surface area contributed by atoms with E-state index in [9.17, 15) is 24.3 Å². The van der Waals surface area contributed by atoms with Crippen molar-refractivity contribution < 1.29 is 29.4 Å². The van der Waals surface area contributed by atoms with Crippen molar-refractivity contribution >= 4 is 47.2 Å². The van der Waals surface area contributed by atoms with E-state index in [1.54, 1.807) is 6.20 Å². The number of rotatable bonds is 11. The Morgan fingerprint density at radius 3 is 2.39 bits per heavy atom. The monoisotopic (exact) mass is 451 g/mol. The molecule has 8 N–H and O–H groups in total. The Kier molecular flexibility index (Phi) is 8.85. The van der Waals surface area contributed by atoms with Crippen LogP contribution in [0.15, 0.2) is 30.5 Å². The van der Waals surface area contributed by atoms with E-state index in [0.717, 1.165) is 16.5 Å². The number of para-hydroxylation sites is 1. The number of aliphatic hydroxyl groups excluding tert-OH is 1. The molecule has 31 heavy (non-hydrogen) atoms. The number of H-pyrrole nitrogens is 1. The topological polar surface area (TPSA) is 187 Å². The van der Waals surface area contributed by atoms with E-state index in [1.807, 2.05) is 24.3 Å². The first-order valence-corrected chi connectivity index (χ1v) is 10.0. The number of benzene rings is 1. The van der Waals surface area contributed by atoms with Gasteiger partial charge in [-0.05, 0) is 11.6 Å². The molecule has 0 aliphatic carbocycles. The first kappa shape index (κ1) is 24.2. The molecule has 168 valence electrons. The fourth-order valence-corrected chi connectivity index (χ4v) is 3.01. The summed E-state index contributed by atoms with van der Waals surface area (Å²) in [4.78, 5) is 50.9. The van der Waals surface area contributed by atoms with Gasteiger partial charge in [-0.25, -0.2) is 0 Å². The van der Waals surface area contributed by atoms with E-state index >= 15 is 0 Å². The van der Waals surface area contributed by atoms with Crippen LogP contribution in [0.25, 0.3) is 10.9 Å². The van der Waals surface area contributed by atoms with Crippen molar-refractivity contribution in [3.8, 4) is 0 Å². The second-order valence-corrected chi connectivity index (χ2v) is 7.13. The van der Waals surface area contributed by atoms with Crippen molar-refractivity contribution in [1.29, 1.82) is 0 Å². The maximum Gasteiger partial charge on any atom is 0.322 e. The number of carbonyl (C=O) groups is 4. The molecule has 2 rings (SSSR count). The fourth-order valence-electron chi connectivity index (χ4n) is 2.84. The third-order valence-corrected chi connectivity index (χ3v) is 4.89. The lowest BCUT2D eigenvalue weighted by atomic mass is 10.0. The molecule has 1 aromatic carbocycles. The van der Waals surface area contributed by atoms with Gasteiger partial charge in [-0.2, -0.15) is 12.6 Å². The van der Waals surface area contributed by atoms with Crippen molar-refractivity contribution in [2.24, 2.45) is 5.73 Å². The highest BCUT2D eigenvalue weighted by molar-refractivity contribution is 7.80. The third kappa shape index (κ3) is 6.70. The quantitative estimate of drug-likeness (QED) is 0.184. The molecule has 0 fully saturated rings. The zero-order valence-corrected chi connectivity index (χ0v) is 17.4. The Bertz CT molecular complexity index is 949. The van der Waals surface area contributed by atoms with Gasteiger partial charge < -0.3 is 36.9 Å². The summed E-state index contributed by atoms with van der Waals surface area (Å²) >= 11 is 3.98. The van der Waals surface area contributed by atoms with Gasteiger partial charge >= 0.3 is 5.97 Å². The average molecular weight is 452 g/mol. The van der Waals surface area contributed by atoms with Crippen LogP contribution in [-0.4, -0.2) is 75.9 Å². The van der Waals surface area contributed by atoms with Gasteiger partial charge in [-0.1, -0.05) is 18.2 Å². The average Bonchev–Trinajstić information content (AvgIpc) is 3.17. The van der Waals surface area contributed by atoms with E-state index in [4.69, 9.17) is 10.8 Å². The maximum atomic E-state index is 12.9. The predicted molar refractivity (Wildman–Crippen MR) is 115 cm³/mol. The number of fused-ring (bicyclic) bond motifs is 1. The smallest absolute Gasteiger partial charge is 0.322 e. The molecule has 0 saturated carbocycles. The second-order valence-electron chi connectivity index (χ2n) is 6.77. The molecule has 0 bridgehead atoms. The summed E-state index contributed by atoms with van der Waals surface area (Å²) in [5.41, 5.74) is 7.27. The van der Waals surface area contributed by atoms with Crippen molar-refractivity contribution in [2.45, 2.75) is 24.5 Å². The minimum atomic E-state index is -1.40. The lowest BCUT2D eigenvalue weighted by Crippen LogP contribution is -2.57. The van der Waals surface area contributed by atoms with E-state index in [1.165, 1.54) is 0 Å². The number of aliphatic carboxylic acids is 1. The standard InChI is InChI=1S/C19H25N5O6S/c20-12(9-31)17(28)23-14(5-10-6-21-13-4-2-1-3-11(10)13)19(30)24-15(8-25)18(29)22-7-16(26)27/h1-4,6,12,14-15,21,25,31H,5,7-9,20H2,(H,22,29)(H,23,28)(H,24,30)(H,26,27). The zero-order valence-electron chi connectivity index (χ0n) is 16.5. The molecule has 0 saturated heterocycles. The Morgan fingerprint density at radius 1 is 1.06 bits per heavy atom. The number of aromatic nitrogens is 1. The third-order valence-electron chi connectivity index (χ3n) is 4.49. The minimum absolute atomic E-state index is 0.0596. The molecule has 11 nitrogen and oxygen atoms in total. The molecular weight excluding hydrogens is 426 g/mol. The number of thiol groups is 1. The summed E-state index contributed by atoms with van der Waals surface area (Å²) in [6.45, 7) is -1.43. The summed E-state index contributed by atoms with van der Waals surface area (Å²) < 4.78 is 0. The molecule has 2 aromatic rings. The van der Waals surface area contributed by atoms with E-state index in [2.05, 4.69) is 33.6 Å². The van der Waals surface area contributed by atoms with E-state index in [0.29, 0.717) is 0 Å². The van der Waals surface area contributed by atoms with Crippen LogP contribution in [-0.2, 0) is 25.6 Å². The normalized spacial score (nSPS) is 13.8. The first-order valence-electron chi connectivity index (χ1n) is 9.39. The number of aromatic amines is 1. The van der Waals surface area contributed by atoms with Crippen LogP contribution >= 0.6 is 12.6 Å². The minimum Gasteiger partial charge on any atom is -0.480 e. The Morgan fingerprint density at radius 2 is 1.74 bits per heavy atom. The number of hydrogen-bond acceptors (Lipinski definition) is 7. The highest BCUT2D eigenvalue weighted by atomic mass is 32.1. The Hall–Kier alpha value is -3.09.